The third-order valence-electron chi connectivity index (χ3n) is 4.61. The summed E-state index contributed by atoms with van der Waals surface area (Å²) in [5.41, 5.74) is 1.90. The molecule has 1 aliphatic rings. The molecule has 0 spiro atoms. The number of amides is 2. The summed E-state index contributed by atoms with van der Waals surface area (Å²) in [5, 5.41) is 5.67. The molecule has 0 atom stereocenters. The number of ether oxygens (including phenoxy) is 1. The summed E-state index contributed by atoms with van der Waals surface area (Å²) >= 11 is 0. The summed E-state index contributed by atoms with van der Waals surface area (Å²) in [6.45, 7) is 4.24. The van der Waals surface area contributed by atoms with Crippen LogP contribution in [-0.2, 0) is 16.1 Å². The van der Waals surface area contributed by atoms with Gasteiger partial charge in [0.25, 0.3) is 5.91 Å². The zero-order valence-electron chi connectivity index (χ0n) is 16.1. The van der Waals surface area contributed by atoms with Gasteiger partial charge in [-0.2, -0.15) is 0 Å². The van der Waals surface area contributed by atoms with Crippen molar-refractivity contribution >= 4 is 17.5 Å². The van der Waals surface area contributed by atoms with Gasteiger partial charge in [0.1, 0.15) is 0 Å². The van der Waals surface area contributed by atoms with E-state index in [4.69, 9.17) is 4.74 Å². The third kappa shape index (κ3) is 6.35. The average Bonchev–Trinajstić information content (AvgIpc) is 2.69. The van der Waals surface area contributed by atoms with Crippen LogP contribution in [0.3, 0.4) is 0 Å². The number of rotatable bonds is 7. The molecule has 1 aromatic heterocycles. The Morgan fingerprint density at radius 3 is 2.54 bits per heavy atom. The second-order valence-corrected chi connectivity index (χ2v) is 6.96. The minimum absolute atomic E-state index is 0.0727. The van der Waals surface area contributed by atoms with Crippen LogP contribution in [0, 0.1) is 0 Å². The summed E-state index contributed by atoms with van der Waals surface area (Å²) in [7, 11) is 0. The van der Waals surface area contributed by atoms with Gasteiger partial charge in [-0.15, -0.1) is 0 Å². The van der Waals surface area contributed by atoms with Crippen molar-refractivity contribution in [1.29, 1.82) is 0 Å². The molecule has 1 fully saturated rings. The van der Waals surface area contributed by atoms with Crippen molar-refractivity contribution in [3.8, 4) is 5.88 Å². The first kappa shape index (κ1) is 19.8. The Bertz CT molecular complexity index is 772. The molecule has 0 saturated carbocycles. The lowest BCUT2D eigenvalue weighted by atomic mass is 10.0. The van der Waals surface area contributed by atoms with Crippen LogP contribution in [0.25, 0.3) is 0 Å². The summed E-state index contributed by atoms with van der Waals surface area (Å²) in [6.07, 6.45) is 3.36. The molecule has 2 N–H and O–H groups in total. The van der Waals surface area contributed by atoms with Crippen molar-refractivity contribution in [2.24, 2.45) is 0 Å². The van der Waals surface area contributed by atoms with Gasteiger partial charge < -0.3 is 15.4 Å². The molecule has 0 radical (unpaired) electrons. The Balaban J connectivity index is 1.36. The summed E-state index contributed by atoms with van der Waals surface area (Å²) in [6, 6.07) is 13.9. The Hall–Kier alpha value is -2.93. The molecule has 0 aliphatic carbocycles. The van der Waals surface area contributed by atoms with E-state index in [1.807, 2.05) is 6.07 Å². The van der Waals surface area contributed by atoms with E-state index in [-0.39, 0.29) is 24.5 Å². The predicted octanol–water partition coefficient (Wildman–Crippen LogP) is 2.20. The first-order valence-corrected chi connectivity index (χ1v) is 9.50. The van der Waals surface area contributed by atoms with E-state index in [1.165, 1.54) is 18.7 Å². The lowest BCUT2D eigenvalue weighted by Gasteiger charge is -2.32. The molecule has 1 saturated heterocycles. The quantitative estimate of drug-likeness (QED) is 0.767. The van der Waals surface area contributed by atoms with E-state index in [0.29, 0.717) is 11.6 Å². The fraction of sp³-hybridized carbons (Fsp3) is 0.381. The number of carbonyl (C=O) groups is 2. The highest BCUT2D eigenvalue weighted by atomic mass is 16.5. The van der Waals surface area contributed by atoms with Crippen LogP contribution in [0.15, 0.2) is 48.7 Å². The number of anilines is 1. The highest BCUT2D eigenvalue weighted by Gasteiger charge is 2.20. The third-order valence-corrected chi connectivity index (χ3v) is 4.61. The molecule has 2 heterocycles. The zero-order valence-corrected chi connectivity index (χ0v) is 16.1. The maximum absolute atomic E-state index is 12.1. The van der Waals surface area contributed by atoms with Crippen LogP contribution in [0.4, 0.5) is 5.69 Å². The monoisotopic (exact) mass is 382 g/mol. The second kappa shape index (κ2) is 9.85. The number of nitrogens with zero attached hydrogens (tertiary/aromatic N) is 2. The number of carbonyl (C=O) groups excluding carboxylic acids is 2. The number of likely N-dealkylation sites (tertiary alicyclic amines) is 1. The van der Waals surface area contributed by atoms with Crippen molar-refractivity contribution in [1.82, 2.24) is 15.2 Å². The summed E-state index contributed by atoms with van der Waals surface area (Å²) < 4.78 is 5.42. The largest absolute Gasteiger partial charge is 0.468 e. The van der Waals surface area contributed by atoms with Crippen LogP contribution >= 0.6 is 0 Å². The fourth-order valence-corrected chi connectivity index (χ4v) is 3.23. The Morgan fingerprint density at radius 1 is 1.14 bits per heavy atom. The number of hydrogen-bond donors (Lipinski definition) is 2. The van der Waals surface area contributed by atoms with Crippen LogP contribution in [-0.4, -0.2) is 47.4 Å². The van der Waals surface area contributed by atoms with Gasteiger partial charge >= 0.3 is 0 Å². The van der Waals surface area contributed by atoms with Crippen LogP contribution in [0.1, 0.15) is 25.3 Å². The number of nitrogens with one attached hydrogen (secondary N) is 2. The predicted molar refractivity (Wildman–Crippen MR) is 107 cm³/mol. The van der Waals surface area contributed by atoms with Gasteiger partial charge in [-0.05, 0) is 24.5 Å². The molecule has 2 aromatic rings. The van der Waals surface area contributed by atoms with Gasteiger partial charge in [-0.3, -0.25) is 14.5 Å². The van der Waals surface area contributed by atoms with E-state index in [0.717, 1.165) is 32.5 Å². The van der Waals surface area contributed by atoms with Gasteiger partial charge in [-0.1, -0.05) is 30.3 Å². The molecule has 2 amide bonds. The molecular weight excluding hydrogens is 356 g/mol. The zero-order chi connectivity index (χ0) is 19.8. The van der Waals surface area contributed by atoms with E-state index in [9.17, 15) is 9.59 Å². The lowest BCUT2D eigenvalue weighted by Crippen LogP contribution is -2.45. The van der Waals surface area contributed by atoms with Gasteiger partial charge in [0.15, 0.2) is 6.61 Å². The van der Waals surface area contributed by atoms with Gasteiger partial charge in [-0.25, -0.2) is 4.98 Å². The molecular formula is C21H26N4O3. The standard InChI is InChI=1S/C21H26N4O3/c1-16(26)23-19-7-8-21(22-13-19)28-15-20(27)24-18-9-11-25(12-10-18)14-17-5-3-2-4-6-17/h2-8,13,18H,9-12,14-15H2,1H3,(H,23,26)(H,24,27). The minimum Gasteiger partial charge on any atom is -0.468 e. The highest BCUT2D eigenvalue weighted by Crippen LogP contribution is 2.14. The molecule has 0 unspecified atom stereocenters. The molecule has 1 aromatic carbocycles. The van der Waals surface area contributed by atoms with Crippen LogP contribution in [0.2, 0.25) is 0 Å². The van der Waals surface area contributed by atoms with Gasteiger partial charge in [0.05, 0.1) is 11.9 Å². The minimum atomic E-state index is -0.162. The number of pyridine rings is 1. The van der Waals surface area contributed by atoms with Crippen molar-refractivity contribution < 1.29 is 14.3 Å². The van der Waals surface area contributed by atoms with E-state index < -0.39 is 0 Å². The van der Waals surface area contributed by atoms with E-state index >= 15 is 0 Å². The molecule has 7 heteroatoms. The smallest absolute Gasteiger partial charge is 0.258 e. The van der Waals surface area contributed by atoms with Crippen LogP contribution in [0.5, 0.6) is 5.88 Å². The van der Waals surface area contributed by atoms with E-state index in [1.54, 1.807) is 12.1 Å². The normalized spacial score (nSPS) is 15.0. The fourth-order valence-electron chi connectivity index (χ4n) is 3.23. The first-order valence-electron chi connectivity index (χ1n) is 9.50. The highest BCUT2D eigenvalue weighted by molar-refractivity contribution is 5.88. The van der Waals surface area contributed by atoms with Crippen molar-refractivity contribution in [3.63, 3.8) is 0 Å². The number of hydrogen-bond acceptors (Lipinski definition) is 5. The SMILES string of the molecule is CC(=O)Nc1ccc(OCC(=O)NC2CCN(Cc3ccccc3)CC2)nc1. The summed E-state index contributed by atoms with van der Waals surface area (Å²) in [5.74, 6) is 0.0424. The summed E-state index contributed by atoms with van der Waals surface area (Å²) in [4.78, 5) is 29.6. The molecule has 3 rings (SSSR count). The van der Waals surface area contributed by atoms with Crippen LogP contribution < -0.4 is 15.4 Å². The van der Waals surface area contributed by atoms with Gasteiger partial charge in [0.2, 0.25) is 11.8 Å². The van der Waals surface area contributed by atoms with Crippen molar-refractivity contribution in [2.45, 2.75) is 32.4 Å². The number of piperidine rings is 1. The molecule has 1 aliphatic heterocycles. The second-order valence-electron chi connectivity index (χ2n) is 6.96. The molecule has 0 bridgehead atoms. The maximum atomic E-state index is 12.1. The Labute approximate surface area is 165 Å². The number of aromatic nitrogens is 1. The molecule has 7 nitrogen and oxygen atoms in total. The first-order chi connectivity index (χ1) is 13.6. The Morgan fingerprint density at radius 2 is 1.89 bits per heavy atom. The molecule has 148 valence electrons. The number of benzene rings is 1. The maximum Gasteiger partial charge on any atom is 0.258 e. The van der Waals surface area contributed by atoms with E-state index in [2.05, 4.69) is 44.8 Å². The lowest BCUT2D eigenvalue weighted by molar-refractivity contribution is -0.124. The molecule has 28 heavy (non-hydrogen) atoms. The average molecular weight is 382 g/mol. The topological polar surface area (TPSA) is 83.6 Å². The van der Waals surface area contributed by atoms with Crippen molar-refractivity contribution in [2.75, 3.05) is 25.0 Å². The van der Waals surface area contributed by atoms with Gasteiger partial charge in [0, 0.05) is 38.7 Å². The Kier molecular flexibility index (Phi) is 6.97. The van der Waals surface area contributed by atoms with Crippen molar-refractivity contribution in [3.05, 3.63) is 54.2 Å².